The van der Waals surface area contributed by atoms with Crippen LogP contribution in [0.4, 0.5) is 4.39 Å². The zero-order valence-electron chi connectivity index (χ0n) is 9.09. The molecule has 1 aromatic rings. The maximum Gasteiger partial charge on any atom is 0.257 e. The average molecular weight is 286 g/mol. The van der Waals surface area contributed by atoms with E-state index in [1.54, 1.807) is 17.9 Å². The third-order valence-corrected chi connectivity index (χ3v) is 3.32. The number of halogens is 2. The molecule has 0 radical (unpaired) electrons. The molecular formula is C12H13BrFNO. The van der Waals surface area contributed by atoms with Crippen LogP contribution in [0, 0.1) is 12.7 Å². The molecule has 0 aromatic heterocycles. The van der Waals surface area contributed by atoms with Crippen LogP contribution in [0.25, 0.3) is 0 Å². The van der Waals surface area contributed by atoms with Gasteiger partial charge in [0, 0.05) is 17.6 Å². The first-order valence-corrected chi connectivity index (χ1v) is 6.14. The first-order chi connectivity index (χ1) is 7.59. The van der Waals surface area contributed by atoms with Gasteiger partial charge in [-0.25, -0.2) is 4.39 Å². The lowest BCUT2D eigenvalue weighted by Gasteiger charge is -2.17. The molecule has 0 N–H and O–H groups in total. The summed E-state index contributed by atoms with van der Waals surface area (Å²) in [5.74, 6) is -0.622. The van der Waals surface area contributed by atoms with Crippen molar-refractivity contribution in [3.63, 3.8) is 0 Å². The van der Waals surface area contributed by atoms with E-state index in [1.165, 1.54) is 6.07 Å². The Hall–Kier alpha value is -0.900. The van der Waals surface area contributed by atoms with Crippen LogP contribution in [0.2, 0.25) is 0 Å². The van der Waals surface area contributed by atoms with Crippen LogP contribution in [0.1, 0.15) is 28.8 Å². The number of aryl methyl sites for hydroxylation is 1. The van der Waals surface area contributed by atoms with E-state index in [4.69, 9.17) is 0 Å². The Bertz CT molecular complexity index is 404. The number of hydrogen-bond donors (Lipinski definition) is 0. The van der Waals surface area contributed by atoms with E-state index >= 15 is 0 Å². The summed E-state index contributed by atoms with van der Waals surface area (Å²) in [7, 11) is 0. The molecule has 1 saturated heterocycles. The van der Waals surface area contributed by atoms with Crippen LogP contribution in [0.3, 0.4) is 0 Å². The molecule has 1 aliphatic rings. The molecule has 86 valence electrons. The molecule has 0 bridgehead atoms. The fourth-order valence-corrected chi connectivity index (χ4v) is 2.60. The predicted molar refractivity (Wildman–Crippen MR) is 64.0 cm³/mol. The van der Waals surface area contributed by atoms with Gasteiger partial charge in [-0.3, -0.25) is 4.79 Å². The van der Waals surface area contributed by atoms with Gasteiger partial charge in [-0.05, 0) is 37.5 Å². The number of rotatable bonds is 1. The molecule has 0 saturated carbocycles. The maximum absolute atomic E-state index is 13.7. The third kappa shape index (κ3) is 2.12. The molecule has 1 aromatic carbocycles. The van der Waals surface area contributed by atoms with E-state index in [0.29, 0.717) is 10.0 Å². The normalized spacial score (nSPS) is 15.6. The van der Waals surface area contributed by atoms with Gasteiger partial charge in [0.25, 0.3) is 5.91 Å². The largest absolute Gasteiger partial charge is 0.339 e. The highest BCUT2D eigenvalue weighted by atomic mass is 79.9. The van der Waals surface area contributed by atoms with E-state index in [2.05, 4.69) is 15.9 Å². The van der Waals surface area contributed by atoms with Gasteiger partial charge in [0.15, 0.2) is 0 Å². The molecule has 1 amide bonds. The number of likely N-dealkylation sites (tertiary alicyclic amines) is 1. The molecule has 4 heteroatoms. The van der Waals surface area contributed by atoms with Crippen LogP contribution in [-0.4, -0.2) is 23.9 Å². The number of hydrogen-bond acceptors (Lipinski definition) is 1. The van der Waals surface area contributed by atoms with Crippen LogP contribution in [0.15, 0.2) is 16.6 Å². The first-order valence-electron chi connectivity index (χ1n) is 5.34. The average Bonchev–Trinajstić information content (AvgIpc) is 2.67. The minimum absolute atomic E-state index is 0.181. The zero-order chi connectivity index (χ0) is 11.7. The number of carbonyl (C=O) groups excluding carboxylic acids is 1. The van der Waals surface area contributed by atoms with E-state index in [1.807, 2.05) is 0 Å². The maximum atomic E-state index is 13.7. The van der Waals surface area contributed by atoms with Crippen LogP contribution in [-0.2, 0) is 0 Å². The highest BCUT2D eigenvalue weighted by molar-refractivity contribution is 9.10. The fraction of sp³-hybridized carbons (Fsp3) is 0.417. The number of nitrogens with zero attached hydrogens (tertiary/aromatic N) is 1. The standard InChI is InChI=1S/C12H13BrFNO/c1-8-6-9(13)7-10(14)11(8)12(16)15-4-2-3-5-15/h6-7H,2-5H2,1H3. The van der Waals surface area contributed by atoms with Crippen molar-refractivity contribution in [3.8, 4) is 0 Å². The molecule has 1 aliphatic heterocycles. The Kier molecular flexibility index (Phi) is 3.28. The Labute approximate surface area is 103 Å². The molecule has 16 heavy (non-hydrogen) atoms. The molecule has 0 spiro atoms. The lowest BCUT2D eigenvalue weighted by molar-refractivity contribution is 0.0787. The third-order valence-electron chi connectivity index (χ3n) is 2.86. The van der Waals surface area contributed by atoms with E-state index in [-0.39, 0.29) is 11.5 Å². The van der Waals surface area contributed by atoms with Crippen molar-refractivity contribution in [2.24, 2.45) is 0 Å². The van der Waals surface area contributed by atoms with Crippen molar-refractivity contribution < 1.29 is 9.18 Å². The highest BCUT2D eigenvalue weighted by Gasteiger charge is 2.23. The lowest BCUT2D eigenvalue weighted by Crippen LogP contribution is -2.29. The monoisotopic (exact) mass is 285 g/mol. The molecule has 0 atom stereocenters. The molecule has 2 rings (SSSR count). The number of amides is 1. The summed E-state index contributed by atoms with van der Waals surface area (Å²) in [6.07, 6.45) is 2.03. The number of carbonyl (C=O) groups is 1. The highest BCUT2D eigenvalue weighted by Crippen LogP contribution is 2.22. The smallest absolute Gasteiger partial charge is 0.257 e. The summed E-state index contributed by atoms with van der Waals surface area (Å²) in [5, 5.41) is 0. The van der Waals surface area contributed by atoms with Gasteiger partial charge in [0.1, 0.15) is 5.82 Å². The first kappa shape index (κ1) is 11.6. The summed E-state index contributed by atoms with van der Waals surface area (Å²) >= 11 is 3.21. The van der Waals surface area contributed by atoms with Gasteiger partial charge in [-0.15, -0.1) is 0 Å². The number of benzene rings is 1. The van der Waals surface area contributed by atoms with Gasteiger partial charge in [-0.2, -0.15) is 0 Å². The van der Waals surface area contributed by atoms with Crippen LogP contribution >= 0.6 is 15.9 Å². The topological polar surface area (TPSA) is 20.3 Å². The zero-order valence-corrected chi connectivity index (χ0v) is 10.7. The van der Waals surface area contributed by atoms with E-state index < -0.39 is 5.82 Å². The van der Waals surface area contributed by atoms with Crippen molar-refractivity contribution in [1.82, 2.24) is 4.90 Å². The van der Waals surface area contributed by atoms with Gasteiger partial charge in [0.05, 0.1) is 5.56 Å². The lowest BCUT2D eigenvalue weighted by atomic mass is 10.1. The van der Waals surface area contributed by atoms with E-state index in [0.717, 1.165) is 25.9 Å². The molecule has 0 unspecified atom stereocenters. The summed E-state index contributed by atoms with van der Waals surface area (Å²) in [6, 6.07) is 3.11. The summed E-state index contributed by atoms with van der Waals surface area (Å²) in [6.45, 7) is 3.25. The van der Waals surface area contributed by atoms with E-state index in [9.17, 15) is 9.18 Å². The van der Waals surface area contributed by atoms with Gasteiger partial charge in [0.2, 0.25) is 0 Å². The summed E-state index contributed by atoms with van der Waals surface area (Å²) in [5.41, 5.74) is 0.897. The van der Waals surface area contributed by atoms with Crippen LogP contribution in [0.5, 0.6) is 0 Å². The van der Waals surface area contributed by atoms with Gasteiger partial charge in [-0.1, -0.05) is 15.9 Å². The van der Waals surface area contributed by atoms with Crippen molar-refractivity contribution in [3.05, 3.63) is 33.5 Å². The van der Waals surface area contributed by atoms with Gasteiger partial charge < -0.3 is 4.90 Å². The molecule has 1 heterocycles. The Morgan fingerprint density at radius 2 is 2.00 bits per heavy atom. The van der Waals surface area contributed by atoms with Crippen molar-refractivity contribution in [2.75, 3.05) is 13.1 Å². The minimum atomic E-state index is -0.441. The fourth-order valence-electron chi connectivity index (χ4n) is 2.05. The second-order valence-corrected chi connectivity index (χ2v) is 4.99. The summed E-state index contributed by atoms with van der Waals surface area (Å²) < 4.78 is 14.4. The minimum Gasteiger partial charge on any atom is -0.339 e. The van der Waals surface area contributed by atoms with Crippen LogP contribution < -0.4 is 0 Å². The van der Waals surface area contributed by atoms with Crippen molar-refractivity contribution in [2.45, 2.75) is 19.8 Å². The molecule has 1 fully saturated rings. The second-order valence-electron chi connectivity index (χ2n) is 4.08. The van der Waals surface area contributed by atoms with Gasteiger partial charge >= 0.3 is 0 Å². The Balaban J connectivity index is 2.35. The Morgan fingerprint density at radius 1 is 1.38 bits per heavy atom. The van der Waals surface area contributed by atoms with Crippen molar-refractivity contribution >= 4 is 21.8 Å². The molecular weight excluding hydrogens is 273 g/mol. The van der Waals surface area contributed by atoms with Crippen molar-refractivity contribution in [1.29, 1.82) is 0 Å². The second kappa shape index (κ2) is 4.53. The predicted octanol–water partition coefficient (Wildman–Crippen LogP) is 3.13. The Morgan fingerprint density at radius 3 is 2.56 bits per heavy atom. The quantitative estimate of drug-likeness (QED) is 0.776. The molecule has 0 aliphatic carbocycles. The molecule has 2 nitrogen and oxygen atoms in total. The SMILES string of the molecule is Cc1cc(Br)cc(F)c1C(=O)N1CCCC1. The summed E-state index contributed by atoms with van der Waals surface area (Å²) in [4.78, 5) is 13.8.